The van der Waals surface area contributed by atoms with Gasteiger partial charge < -0.3 is 9.64 Å². The average molecular weight is 413 g/mol. The van der Waals surface area contributed by atoms with Gasteiger partial charge in [-0.25, -0.2) is 17.6 Å². The molecule has 0 radical (unpaired) electrons. The Morgan fingerprint density at radius 2 is 2.11 bits per heavy atom. The number of carbonyl (C=O) groups is 2. The van der Waals surface area contributed by atoms with Crippen molar-refractivity contribution in [2.24, 2.45) is 0 Å². The number of nitrogens with zero attached hydrogens (tertiary/aromatic N) is 1. The Hall–Kier alpha value is -2.00. The predicted octanol–water partition coefficient (Wildman–Crippen LogP) is 2.62. The van der Waals surface area contributed by atoms with Gasteiger partial charge in [-0.05, 0) is 49.9 Å². The second-order valence-electron chi connectivity index (χ2n) is 6.52. The first-order valence-corrected chi connectivity index (χ1v) is 11.2. The lowest BCUT2D eigenvalue weighted by atomic mass is 10.2. The average Bonchev–Trinajstić information content (AvgIpc) is 3.18. The molecule has 0 N–H and O–H groups in total. The fourth-order valence-electron chi connectivity index (χ4n) is 3.23. The highest BCUT2D eigenvalue weighted by molar-refractivity contribution is 7.91. The lowest BCUT2D eigenvalue weighted by Crippen LogP contribution is -2.46. The van der Waals surface area contributed by atoms with Gasteiger partial charge in [0.1, 0.15) is 10.7 Å². The van der Waals surface area contributed by atoms with E-state index in [1.54, 1.807) is 13.0 Å². The zero-order valence-electron chi connectivity index (χ0n) is 15.0. The third-order valence-electron chi connectivity index (χ3n) is 4.58. The monoisotopic (exact) mass is 413 g/mol. The molecule has 0 unspecified atom stereocenters. The molecule has 1 aromatic carbocycles. The van der Waals surface area contributed by atoms with Gasteiger partial charge in [-0.2, -0.15) is 0 Å². The largest absolute Gasteiger partial charge is 0.448 e. The molecule has 1 fully saturated rings. The molecule has 2 heterocycles. The molecule has 0 bridgehead atoms. The molecule has 1 aromatic heterocycles. The minimum absolute atomic E-state index is 0.0604. The Morgan fingerprint density at radius 1 is 1.37 bits per heavy atom. The highest BCUT2D eigenvalue weighted by atomic mass is 32.2. The van der Waals surface area contributed by atoms with Crippen LogP contribution in [0.25, 0.3) is 10.1 Å². The molecular weight excluding hydrogens is 393 g/mol. The van der Waals surface area contributed by atoms with Crippen molar-refractivity contribution in [3.63, 3.8) is 0 Å². The van der Waals surface area contributed by atoms with E-state index in [1.807, 2.05) is 0 Å². The van der Waals surface area contributed by atoms with Gasteiger partial charge in [0.05, 0.1) is 11.5 Å². The highest BCUT2D eigenvalue weighted by Gasteiger charge is 2.36. The number of thiophene rings is 1. The van der Waals surface area contributed by atoms with Crippen molar-refractivity contribution >= 4 is 43.1 Å². The fourth-order valence-corrected chi connectivity index (χ4v) is 5.89. The van der Waals surface area contributed by atoms with E-state index in [-0.39, 0.29) is 22.4 Å². The normalized spacial score (nSPS) is 19.7. The summed E-state index contributed by atoms with van der Waals surface area (Å²) in [5.41, 5.74) is 0. The van der Waals surface area contributed by atoms with Crippen LogP contribution in [0.15, 0.2) is 24.3 Å². The maximum atomic E-state index is 13.3. The number of likely N-dealkylation sites (N-methyl/N-ethyl adjacent to an activating group) is 1. The van der Waals surface area contributed by atoms with Crippen LogP contribution in [0.2, 0.25) is 0 Å². The van der Waals surface area contributed by atoms with Crippen molar-refractivity contribution in [1.82, 2.24) is 4.90 Å². The Morgan fingerprint density at radius 3 is 2.74 bits per heavy atom. The SMILES string of the molecule is CCN(C(=O)[C@H](C)OC(=O)c1cc2cc(F)ccc2s1)[C@@H]1CCS(=O)(=O)C1. The van der Waals surface area contributed by atoms with Gasteiger partial charge in [0.25, 0.3) is 5.91 Å². The number of ether oxygens (including phenoxy) is 1. The first-order valence-electron chi connectivity index (χ1n) is 8.61. The zero-order chi connectivity index (χ0) is 19.8. The summed E-state index contributed by atoms with van der Waals surface area (Å²) in [6, 6.07) is 5.37. The van der Waals surface area contributed by atoms with Crippen molar-refractivity contribution in [1.29, 1.82) is 0 Å². The van der Waals surface area contributed by atoms with Crippen LogP contribution in [-0.4, -0.2) is 55.4 Å². The van der Waals surface area contributed by atoms with Crippen LogP contribution >= 0.6 is 11.3 Å². The van der Waals surface area contributed by atoms with E-state index in [0.29, 0.717) is 18.4 Å². The topological polar surface area (TPSA) is 80.8 Å². The van der Waals surface area contributed by atoms with Crippen LogP contribution in [0.4, 0.5) is 4.39 Å². The van der Waals surface area contributed by atoms with Gasteiger partial charge in [-0.15, -0.1) is 11.3 Å². The van der Waals surface area contributed by atoms with Gasteiger partial charge in [-0.1, -0.05) is 0 Å². The number of hydrogen-bond acceptors (Lipinski definition) is 6. The maximum absolute atomic E-state index is 13.3. The Labute approximate surface area is 160 Å². The van der Waals surface area contributed by atoms with Crippen LogP contribution in [0.3, 0.4) is 0 Å². The molecule has 146 valence electrons. The number of carbonyl (C=O) groups excluding carboxylic acids is 2. The molecule has 2 atom stereocenters. The van der Waals surface area contributed by atoms with E-state index in [4.69, 9.17) is 4.74 Å². The quantitative estimate of drug-likeness (QED) is 0.704. The minimum atomic E-state index is -3.12. The van der Waals surface area contributed by atoms with Crippen molar-refractivity contribution < 1.29 is 27.1 Å². The van der Waals surface area contributed by atoms with Crippen LogP contribution in [0.5, 0.6) is 0 Å². The number of esters is 1. The molecule has 6 nitrogen and oxygen atoms in total. The number of amides is 1. The third kappa shape index (κ3) is 4.30. The molecule has 3 rings (SSSR count). The van der Waals surface area contributed by atoms with Gasteiger partial charge in [-0.3, -0.25) is 4.79 Å². The molecular formula is C18H20FNO5S2. The molecule has 0 aliphatic carbocycles. The zero-order valence-corrected chi connectivity index (χ0v) is 16.6. The van der Waals surface area contributed by atoms with Crippen molar-refractivity contribution in [3.8, 4) is 0 Å². The molecule has 1 saturated heterocycles. The predicted molar refractivity (Wildman–Crippen MR) is 101 cm³/mol. The van der Waals surface area contributed by atoms with Crippen LogP contribution in [-0.2, 0) is 19.4 Å². The number of hydrogen-bond donors (Lipinski definition) is 0. The van der Waals surface area contributed by atoms with Gasteiger partial charge >= 0.3 is 5.97 Å². The van der Waals surface area contributed by atoms with E-state index in [1.165, 1.54) is 30.0 Å². The first-order chi connectivity index (χ1) is 12.7. The molecule has 0 saturated carbocycles. The minimum Gasteiger partial charge on any atom is -0.448 e. The summed E-state index contributed by atoms with van der Waals surface area (Å²) >= 11 is 1.16. The summed E-state index contributed by atoms with van der Waals surface area (Å²) in [4.78, 5) is 26.8. The van der Waals surface area contributed by atoms with Crippen molar-refractivity contribution in [2.45, 2.75) is 32.4 Å². The standard InChI is InChI=1S/C18H20FNO5S2/c1-3-20(14-6-7-27(23,24)10-14)17(21)11(2)25-18(22)16-9-12-8-13(19)4-5-15(12)26-16/h4-5,8-9,11,14H,3,6-7,10H2,1-2H3/t11-,14+/m0/s1. The van der Waals surface area contributed by atoms with Crippen LogP contribution in [0, 0.1) is 5.82 Å². The molecule has 2 aromatic rings. The molecule has 1 aliphatic rings. The molecule has 0 spiro atoms. The number of rotatable bonds is 5. The maximum Gasteiger partial charge on any atom is 0.349 e. The highest BCUT2D eigenvalue weighted by Crippen LogP contribution is 2.27. The number of benzene rings is 1. The second kappa shape index (κ2) is 7.55. The third-order valence-corrected chi connectivity index (χ3v) is 7.43. The lowest BCUT2D eigenvalue weighted by Gasteiger charge is -2.29. The van der Waals surface area contributed by atoms with E-state index in [9.17, 15) is 22.4 Å². The Balaban J connectivity index is 1.69. The summed E-state index contributed by atoms with van der Waals surface area (Å²) in [6.45, 7) is 3.57. The van der Waals surface area contributed by atoms with E-state index in [2.05, 4.69) is 0 Å². The van der Waals surface area contributed by atoms with Gasteiger partial charge in [0, 0.05) is 17.3 Å². The fraction of sp³-hybridized carbons (Fsp3) is 0.444. The smallest absolute Gasteiger partial charge is 0.349 e. The van der Waals surface area contributed by atoms with Crippen molar-refractivity contribution in [2.75, 3.05) is 18.1 Å². The summed E-state index contributed by atoms with van der Waals surface area (Å²) in [7, 11) is -3.12. The number of sulfone groups is 1. The Bertz CT molecular complexity index is 985. The van der Waals surface area contributed by atoms with Crippen LogP contribution < -0.4 is 0 Å². The molecule has 1 amide bonds. The van der Waals surface area contributed by atoms with E-state index in [0.717, 1.165) is 16.0 Å². The van der Waals surface area contributed by atoms with E-state index >= 15 is 0 Å². The summed E-state index contributed by atoms with van der Waals surface area (Å²) in [5, 5.41) is 0.595. The summed E-state index contributed by atoms with van der Waals surface area (Å²) in [5.74, 6) is -1.47. The van der Waals surface area contributed by atoms with Crippen LogP contribution in [0.1, 0.15) is 29.9 Å². The molecule has 1 aliphatic heterocycles. The van der Waals surface area contributed by atoms with Gasteiger partial charge in [0.2, 0.25) is 0 Å². The molecule has 9 heteroatoms. The lowest BCUT2D eigenvalue weighted by molar-refractivity contribution is -0.141. The second-order valence-corrected chi connectivity index (χ2v) is 9.83. The number of halogens is 1. The molecule has 27 heavy (non-hydrogen) atoms. The van der Waals surface area contributed by atoms with E-state index < -0.39 is 33.6 Å². The summed E-state index contributed by atoms with van der Waals surface area (Å²) < 4.78 is 42.7. The first kappa shape index (κ1) is 19.8. The summed E-state index contributed by atoms with van der Waals surface area (Å²) in [6.07, 6.45) is -0.646. The number of fused-ring (bicyclic) bond motifs is 1. The van der Waals surface area contributed by atoms with Crippen molar-refractivity contribution in [3.05, 3.63) is 35.0 Å². The van der Waals surface area contributed by atoms with Gasteiger partial charge in [0.15, 0.2) is 15.9 Å². The Kier molecular flexibility index (Phi) is 5.53.